The molecule has 0 amide bonds. The predicted octanol–water partition coefficient (Wildman–Crippen LogP) is 3.46. The van der Waals surface area contributed by atoms with E-state index in [2.05, 4.69) is 22.1 Å². The summed E-state index contributed by atoms with van der Waals surface area (Å²) in [6.07, 6.45) is 7.56. The van der Waals surface area contributed by atoms with E-state index in [0.29, 0.717) is 0 Å². The third kappa shape index (κ3) is 1.76. The van der Waals surface area contributed by atoms with Gasteiger partial charge in [-0.2, -0.15) is 0 Å². The van der Waals surface area contributed by atoms with E-state index in [1.807, 2.05) is 48.3 Å². The lowest BCUT2D eigenvalue weighted by Gasteiger charge is -2.09. The van der Waals surface area contributed by atoms with Crippen LogP contribution in [0.5, 0.6) is 0 Å². The van der Waals surface area contributed by atoms with Crippen LogP contribution < -0.4 is 5.73 Å². The minimum absolute atomic E-state index is 0.799. The third-order valence-corrected chi connectivity index (χ3v) is 3.94. The quantitative estimate of drug-likeness (QED) is 0.541. The molecule has 4 heteroatoms. The molecule has 0 aliphatic carbocycles. The highest BCUT2D eigenvalue weighted by Gasteiger charge is 2.07. The highest BCUT2D eigenvalue weighted by Crippen LogP contribution is 2.25. The molecule has 4 rings (SSSR count). The Hall–Kier alpha value is -2.88. The Morgan fingerprint density at radius 3 is 2.86 bits per heavy atom. The van der Waals surface area contributed by atoms with E-state index in [-0.39, 0.29) is 0 Å². The lowest BCUT2D eigenvalue weighted by atomic mass is 10.1. The molecule has 0 bridgehead atoms. The molecule has 102 valence electrons. The lowest BCUT2D eigenvalue weighted by Crippen LogP contribution is -1.97. The van der Waals surface area contributed by atoms with Crippen molar-refractivity contribution in [3.8, 4) is 5.82 Å². The molecule has 21 heavy (non-hydrogen) atoms. The van der Waals surface area contributed by atoms with E-state index < -0.39 is 0 Å². The fraction of sp³-hybridized carbons (Fsp3) is 0.0588. The van der Waals surface area contributed by atoms with Crippen LogP contribution in [-0.4, -0.2) is 14.5 Å². The molecule has 1 aromatic carbocycles. The van der Waals surface area contributed by atoms with Crippen molar-refractivity contribution in [2.45, 2.75) is 6.92 Å². The molecule has 0 aliphatic rings. The number of nitrogen functional groups attached to an aromatic ring is 1. The maximum Gasteiger partial charge on any atom is 0.137 e. The van der Waals surface area contributed by atoms with E-state index in [0.717, 1.165) is 38.7 Å². The summed E-state index contributed by atoms with van der Waals surface area (Å²) in [6.45, 7) is 2.02. The van der Waals surface area contributed by atoms with Crippen LogP contribution in [0.25, 0.3) is 27.5 Å². The van der Waals surface area contributed by atoms with E-state index in [1.54, 1.807) is 6.20 Å². The van der Waals surface area contributed by atoms with Crippen molar-refractivity contribution >= 4 is 27.4 Å². The van der Waals surface area contributed by atoms with Gasteiger partial charge in [0.2, 0.25) is 0 Å². The summed E-state index contributed by atoms with van der Waals surface area (Å²) >= 11 is 0. The molecule has 0 aliphatic heterocycles. The number of hydrogen-bond donors (Lipinski definition) is 1. The molecule has 0 unspecified atom stereocenters. The van der Waals surface area contributed by atoms with Crippen LogP contribution >= 0.6 is 0 Å². The van der Waals surface area contributed by atoms with Crippen LogP contribution in [0, 0.1) is 6.92 Å². The van der Waals surface area contributed by atoms with Gasteiger partial charge in [-0.15, -0.1) is 0 Å². The monoisotopic (exact) mass is 274 g/mol. The molecule has 0 atom stereocenters. The van der Waals surface area contributed by atoms with Crippen molar-refractivity contribution in [1.29, 1.82) is 0 Å². The van der Waals surface area contributed by atoms with Crippen LogP contribution in [0.4, 0.5) is 5.69 Å². The fourth-order valence-electron chi connectivity index (χ4n) is 2.68. The molecule has 0 saturated heterocycles. The maximum atomic E-state index is 5.95. The van der Waals surface area contributed by atoms with Crippen LogP contribution in [0.15, 0.2) is 55.1 Å². The van der Waals surface area contributed by atoms with Crippen molar-refractivity contribution in [3.05, 3.63) is 60.7 Å². The van der Waals surface area contributed by atoms with Gasteiger partial charge in [0, 0.05) is 35.1 Å². The molecule has 2 N–H and O–H groups in total. The Balaban J connectivity index is 1.97. The van der Waals surface area contributed by atoms with E-state index >= 15 is 0 Å². The Morgan fingerprint density at radius 1 is 1.05 bits per heavy atom. The Bertz CT molecular complexity index is 969. The van der Waals surface area contributed by atoms with Gasteiger partial charge in [0.25, 0.3) is 0 Å². The number of hydrogen-bond acceptors (Lipinski definition) is 3. The molecule has 0 saturated carbocycles. The van der Waals surface area contributed by atoms with E-state index in [9.17, 15) is 0 Å². The number of rotatable bonds is 1. The number of aryl methyl sites for hydroxylation is 1. The molecular formula is C17H14N4. The SMILES string of the molecule is Cc1c(N)ccc2cc(-n3ccc4ccncc43)ncc12. The summed E-state index contributed by atoms with van der Waals surface area (Å²) in [4.78, 5) is 8.78. The van der Waals surface area contributed by atoms with Gasteiger partial charge < -0.3 is 5.73 Å². The van der Waals surface area contributed by atoms with E-state index in [4.69, 9.17) is 5.73 Å². The van der Waals surface area contributed by atoms with Gasteiger partial charge in [0.15, 0.2) is 0 Å². The second-order valence-corrected chi connectivity index (χ2v) is 5.16. The lowest BCUT2D eigenvalue weighted by molar-refractivity contribution is 1.05. The number of aromatic nitrogens is 3. The largest absolute Gasteiger partial charge is 0.398 e. The van der Waals surface area contributed by atoms with Gasteiger partial charge in [-0.3, -0.25) is 9.55 Å². The topological polar surface area (TPSA) is 56.7 Å². The number of nitrogens with zero attached hydrogens (tertiary/aromatic N) is 3. The minimum atomic E-state index is 0.799. The van der Waals surface area contributed by atoms with Crippen molar-refractivity contribution in [2.24, 2.45) is 0 Å². The summed E-state index contributed by atoms with van der Waals surface area (Å²) in [7, 11) is 0. The molecule has 4 nitrogen and oxygen atoms in total. The Morgan fingerprint density at radius 2 is 1.95 bits per heavy atom. The first-order chi connectivity index (χ1) is 10.2. The zero-order chi connectivity index (χ0) is 14.4. The second kappa shape index (κ2) is 4.31. The van der Waals surface area contributed by atoms with E-state index in [1.165, 1.54) is 0 Å². The fourth-order valence-corrected chi connectivity index (χ4v) is 2.68. The van der Waals surface area contributed by atoms with Gasteiger partial charge in [-0.05, 0) is 42.1 Å². The second-order valence-electron chi connectivity index (χ2n) is 5.16. The average molecular weight is 274 g/mol. The van der Waals surface area contributed by atoms with Gasteiger partial charge >= 0.3 is 0 Å². The summed E-state index contributed by atoms with van der Waals surface area (Å²) < 4.78 is 2.05. The number of nitrogens with two attached hydrogens (primary N) is 1. The smallest absolute Gasteiger partial charge is 0.137 e. The van der Waals surface area contributed by atoms with Crippen molar-refractivity contribution in [1.82, 2.24) is 14.5 Å². The first kappa shape index (κ1) is 11.9. The van der Waals surface area contributed by atoms with Gasteiger partial charge in [0.05, 0.1) is 11.7 Å². The third-order valence-electron chi connectivity index (χ3n) is 3.94. The Kier molecular flexibility index (Phi) is 2.44. The molecular weight excluding hydrogens is 260 g/mol. The van der Waals surface area contributed by atoms with Crippen molar-refractivity contribution in [2.75, 3.05) is 5.73 Å². The van der Waals surface area contributed by atoms with Crippen molar-refractivity contribution < 1.29 is 0 Å². The summed E-state index contributed by atoms with van der Waals surface area (Å²) in [6, 6.07) is 10.1. The number of anilines is 1. The van der Waals surface area contributed by atoms with Crippen molar-refractivity contribution in [3.63, 3.8) is 0 Å². The van der Waals surface area contributed by atoms with Crippen LogP contribution in [-0.2, 0) is 0 Å². The minimum Gasteiger partial charge on any atom is -0.398 e. The molecule has 3 heterocycles. The molecule has 0 spiro atoms. The zero-order valence-electron chi connectivity index (χ0n) is 11.6. The molecule has 3 aromatic heterocycles. The summed E-state index contributed by atoms with van der Waals surface area (Å²) in [5, 5.41) is 3.38. The van der Waals surface area contributed by atoms with Gasteiger partial charge in [0.1, 0.15) is 5.82 Å². The number of benzene rings is 1. The van der Waals surface area contributed by atoms with Crippen LogP contribution in [0.2, 0.25) is 0 Å². The highest BCUT2D eigenvalue weighted by atomic mass is 15.1. The van der Waals surface area contributed by atoms with Crippen LogP contribution in [0.1, 0.15) is 5.56 Å². The average Bonchev–Trinajstić information content (AvgIpc) is 2.95. The first-order valence-corrected chi connectivity index (χ1v) is 6.80. The molecule has 0 radical (unpaired) electrons. The number of fused-ring (bicyclic) bond motifs is 2. The number of pyridine rings is 2. The standard InChI is InChI=1S/C17H14N4/c1-11-14-9-20-17(8-13(14)2-3-15(11)18)21-7-5-12-4-6-19-10-16(12)21/h2-10H,18H2,1H3. The van der Waals surface area contributed by atoms with Crippen LogP contribution in [0.3, 0.4) is 0 Å². The first-order valence-electron chi connectivity index (χ1n) is 6.80. The van der Waals surface area contributed by atoms with Gasteiger partial charge in [-0.25, -0.2) is 4.98 Å². The maximum absolute atomic E-state index is 5.95. The predicted molar refractivity (Wildman–Crippen MR) is 85.5 cm³/mol. The normalized spacial score (nSPS) is 11.3. The zero-order valence-corrected chi connectivity index (χ0v) is 11.6. The molecule has 0 fully saturated rings. The van der Waals surface area contributed by atoms with Gasteiger partial charge in [-0.1, -0.05) is 6.07 Å². The summed E-state index contributed by atoms with van der Waals surface area (Å²) in [5.41, 5.74) is 8.88. The Labute approximate surface area is 121 Å². The molecule has 4 aromatic rings. The summed E-state index contributed by atoms with van der Waals surface area (Å²) in [5.74, 6) is 0.884. The highest BCUT2D eigenvalue weighted by molar-refractivity contribution is 5.90.